The molecule has 0 bridgehead atoms. The van der Waals surface area contributed by atoms with Crippen LogP contribution in [-0.4, -0.2) is 9.78 Å². The number of aromatic nitrogens is 2. The van der Waals surface area contributed by atoms with Gasteiger partial charge in [0.2, 0.25) is 4.80 Å². The number of hydrogen-bond acceptors (Lipinski definition) is 5. The summed E-state index contributed by atoms with van der Waals surface area (Å²) >= 11 is 1.19. The van der Waals surface area contributed by atoms with Gasteiger partial charge in [-0.15, -0.1) is 15.3 Å². The normalized spacial score (nSPS) is 11.2. The summed E-state index contributed by atoms with van der Waals surface area (Å²) in [6.07, 6.45) is 0. The van der Waals surface area contributed by atoms with Crippen LogP contribution >= 0.6 is 11.3 Å². The summed E-state index contributed by atoms with van der Waals surface area (Å²) < 4.78 is 1.56. The fourth-order valence-electron chi connectivity index (χ4n) is 1.89. The predicted molar refractivity (Wildman–Crippen MR) is 87.4 cm³/mol. The van der Waals surface area contributed by atoms with Crippen LogP contribution in [0.2, 0.25) is 0 Å². The van der Waals surface area contributed by atoms with Gasteiger partial charge in [-0.2, -0.15) is 0 Å². The molecular formula is C16H15N5S. The van der Waals surface area contributed by atoms with E-state index in [1.165, 1.54) is 22.5 Å². The van der Waals surface area contributed by atoms with E-state index in [1.54, 1.807) is 4.68 Å². The van der Waals surface area contributed by atoms with Crippen LogP contribution in [0.25, 0.3) is 5.69 Å². The van der Waals surface area contributed by atoms with Gasteiger partial charge in [0, 0.05) is 0 Å². The Kier molecular flexibility index (Phi) is 3.93. The first-order chi connectivity index (χ1) is 10.6. The summed E-state index contributed by atoms with van der Waals surface area (Å²) in [6.45, 7) is 4.05. The molecule has 0 radical (unpaired) electrons. The van der Waals surface area contributed by atoms with Crippen molar-refractivity contribution in [1.29, 1.82) is 5.41 Å². The summed E-state index contributed by atoms with van der Waals surface area (Å²) in [5.74, 6) is 0. The molecule has 1 N–H and O–H groups in total. The third-order valence-electron chi connectivity index (χ3n) is 3.13. The van der Waals surface area contributed by atoms with Crippen molar-refractivity contribution in [1.82, 2.24) is 9.78 Å². The van der Waals surface area contributed by atoms with Gasteiger partial charge in [0.1, 0.15) is 0 Å². The highest BCUT2D eigenvalue weighted by molar-refractivity contribution is 7.12. The Bertz CT molecular complexity index is 857. The van der Waals surface area contributed by atoms with Crippen LogP contribution in [0.4, 0.5) is 10.8 Å². The minimum absolute atomic E-state index is 0.321. The molecule has 0 aliphatic rings. The minimum Gasteiger partial charge on any atom is -0.273 e. The Morgan fingerprint density at radius 1 is 0.909 bits per heavy atom. The van der Waals surface area contributed by atoms with E-state index in [4.69, 9.17) is 5.41 Å². The van der Waals surface area contributed by atoms with E-state index in [-0.39, 0.29) is 0 Å². The molecule has 1 heterocycles. The maximum absolute atomic E-state index is 8.01. The van der Waals surface area contributed by atoms with Crippen LogP contribution in [-0.2, 0) is 0 Å². The van der Waals surface area contributed by atoms with Crippen LogP contribution in [0.5, 0.6) is 0 Å². The molecular weight excluding hydrogens is 294 g/mol. The van der Waals surface area contributed by atoms with Crippen LogP contribution in [0.3, 0.4) is 0 Å². The molecule has 0 aliphatic carbocycles. The molecule has 0 spiro atoms. The second-order valence-electron chi connectivity index (χ2n) is 4.97. The van der Waals surface area contributed by atoms with Crippen LogP contribution in [0, 0.1) is 19.3 Å². The molecule has 1 aromatic heterocycles. The summed E-state index contributed by atoms with van der Waals surface area (Å²) in [5, 5.41) is 21.1. The number of hydrogen-bond donors (Lipinski definition) is 1. The largest absolute Gasteiger partial charge is 0.273 e. The third kappa shape index (κ3) is 3.17. The Morgan fingerprint density at radius 2 is 1.50 bits per heavy atom. The van der Waals surface area contributed by atoms with Gasteiger partial charge >= 0.3 is 0 Å². The minimum atomic E-state index is 0.321. The zero-order valence-electron chi connectivity index (χ0n) is 12.3. The topological polar surface area (TPSA) is 66.4 Å². The number of nitrogens with zero attached hydrogens (tertiary/aromatic N) is 4. The van der Waals surface area contributed by atoms with Crippen molar-refractivity contribution in [2.24, 2.45) is 10.2 Å². The smallest absolute Gasteiger partial charge is 0.251 e. The van der Waals surface area contributed by atoms with Gasteiger partial charge < -0.3 is 0 Å². The Hall–Kier alpha value is -2.60. The number of rotatable bonds is 3. The Morgan fingerprint density at radius 3 is 2.14 bits per heavy atom. The molecule has 0 saturated carbocycles. The first-order valence-electron chi connectivity index (χ1n) is 6.82. The summed E-state index contributed by atoms with van der Waals surface area (Å²) in [7, 11) is 0. The molecule has 110 valence electrons. The lowest BCUT2D eigenvalue weighted by Crippen LogP contribution is -2.11. The van der Waals surface area contributed by atoms with Crippen molar-refractivity contribution >= 4 is 22.2 Å². The fourth-order valence-corrected chi connectivity index (χ4v) is 2.50. The summed E-state index contributed by atoms with van der Waals surface area (Å²) in [4.78, 5) is 0.321. The van der Waals surface area contributed by atoms with Gasteiger partial charge in [0.25, 0.3) is 5.13 Å². The van der Waals surface area contributed by atoms with Gasteiger partial charge in [0.15, 0.2) is 0 Å². The van der Waals surface area contributed by atoms with Crippen LogP contribution < -0.4 is 4.80 Å². The third-order valence-corrected chi connectivity index (χ3v) is 3.84. The van der Waals surface area contributed by atoms with Crippen molar-refractivity contribution in [3.8, 4) is 5.69 Å². The number of benzene rings is 2. The lowest BCUT2D eigenvalue weighted by atomic mass is 10.2. The van der Waals surface area contributed by atoms with E-state index in [9.17, 15) is 0 Å². The maximum Gasteiger partial charge on any atom is 0.251 e. The second-order valence-corrected chi connectivity index (χ2v) is 5.93. The molecule has 6 heteroatoms. The Labute approximate surface area is 132 Å². The first-order valence-corrected chi connectivity index (χ1v) is 7.64. The van der Waals surface area contributed by atoms with E-state index in [1.807, 2.05) is 62.4 Å². The monoisotopic (exact) mass is 309 g/mol. The van der Waals surface area contributed by atoms with Gasteiger partial charge in [-0.05, 0) is 38.1 Å². The molecule has 3 rings (SSSR count). The van der Waals surface area contributed by atoms with Crippen molar-refractivity contribution in [3.05, 3.63) is 64.5 Å². The molecule has 5 nitrogen and oxygen atoms in total. The zero-order chi connectivity index (χ0) is 15.5. The van der Waals surface area contributed by atoms with Crippen molar-refractivity contribution in [3.63, 3.8) is 0 Å². The predicted octanol–water partition coefficient (Wildman–Crippen LogP) is 4.45. The average Bonchev–Trinajstić information content (AvgIpc) is 2.89. The molecule has 22 heavy (non-hydrogen) atoms. The maximum atomic E-state index is 8.01. The highest BCUT2D eigenvalue weighted by Gasteiger charge is 2.05. The van der Waals surface area contributed by atoms with Gasteiger partial charge in [-0.25, -0.2) is 4.68 Å². The molecule has 2 aromatic carbocycles. The Balaban J connectivity index is 1.87. The second kappa shape index (κ2) is 6.03. The van der Waals surface area contributed by atoms with Crippen LogP contribution in [0.15, 0.2) is 58.8 Å². The average molecular weight is 309 g/mol. The van der Waals surface area contributed by atoms with Crippen molar-refractivity contribution < 1.29 is 0 Å². The molecule has 0 fully saturated rings. The van der Waals surface area contributed by atoms with Gasteiger partial charge in [0.05, 0.1) is 11.4 Å². The summed E-state index contributed by atoms with van der Waals surface area (Å²) in [5.41, 5.74) is 3.97. The molecule has 0 unspecified atom stereocenters. The van der Waals surface area contributed by atoms with E-state index < -0.39 is 0 Å². The quantitative estimate of drug-likeness (QED) is 0.714. The molecule has 0 aliphatic heterocycles. The number of aryl methyl sites for hydroxylation is 2. The lowest BCUT2D eigenvalue weighted by Gasteiger charge is -1.99. The fraction of sp³-hybridized carbons (Fsp3) is 0.125. The SMILES string of the molecule is Cc1ccc(N=Nc2nn(-c3ccc(C)cc3)c(=N)s2)cc1. The first kappa shape index (κ1) is 14.3. The van der Waals surface area contributed by atoms with E-state index in [0.717, 1.165) is 11.4 Å². The van der Waals surface area contributed by atoms with Gasteiger partial charge in [-0.1, -0.05) is 46.7 Å². The number of nitrogens with one attached hydrogen (secondary N) is 1. The molecule has 3 aromatic rings. The zero-order valence-corrected chi connectivity index (χ0v) is 13.1. The van der Waals surface area contributed by atoms with Crippen LogP contribution in [0.1, 0.15) is 11.1 Å². The van der Waals surface area contributed by atoms with Gasteiger partial charge in [-0.3, -0.25) is 5.41 Å². The molecule has 0 saturated heterocycles. The van der Waals surface area contributed by atoms with E-state index >= 15 is 0 Å². The molecule has 0 amide bonds. The standard InChI is InChI=1S/C16H15N5S/c1-11-3-7-13(8-4-11)18-19-16-20-21(15(17)22-16)14-9-5-12(2)6-10-14/h3-10,17H,1-2H3. The van der Waals surface area contributed by atoms with E-state index in [2.05, 4.69) is 15.3 Å². The summed E-state index contributed by atoms with van der Waals surface area (Å²) in [6, 6.07) is 15.6. The number of azo groups is 1. The highest BCUT2D eigenvalue weighted by Crippen LogP contribution is 2.19. The van der Waals surface area contributed by atoms with Crippen molar-refractivity contribution in [2.45, 2.75) is 13.8 Å². The lowest BCUT2D eigenvalue weighted by molar-refractivity contribution is 0.819. The highest BCUT2D eigenvalue weighted by atomic mass is 32.1. The van der Waals surface area contributed by atoms with E-state index in [0.29, 0.717) is 9.93 Å². The van der Waals surface area contributed by atoms with Crippen molar-refractivity contribution in [2.75, 3.05) is 0 Å². The molecule has 0 atom stereocenters.